The molecular formula is C54H32BF7N4. The number of nitrogens with zero attached hydrogens (tertiary/aromatic N) is 4. The first-order chi connectivity index (χ1) is 32.1. The first-order valence-corrected chi connectivity index (χ1v) is 20.9. The molecular weight excluding hydrogens is 848 g/mol. The predicted octanol–water partition coefficient (Wildman–Crippen LogP) is 13.7. The molecule has 9 aromatic carbocycles. The van der Waals surface area contributed by atoms with Crippen molar-refractivity contribution in [2.24, 2.45) is 0 Å². The molecule has 0 radical (unpaired) electrons. The molecule has 0 amide bonds. The lowest BCUT2D eigenvalue weighted by molar-refractivity contribution is 0.626. The van der Waals surface area contributed by atoms with E-state index < -0.39 is 47.4 Å². The first kappa shape index (κ1) is 40.5. The zero-order valence-electron chi connectivity index (χ0n) is 34.5. The van der Waals surface area contributed by atoms with E-state index in [1.165, 1.54) is 84.9 Å². The van der Waals surface area contributed by atoms with Crippen molar-refractivity contribution in [2.45, 2.75) is 0 Å². The van der Waals surface area contributed by atoms with Crippen LogP contribution >= 0.6 is 0 Å². The minimum atomic E-state index is -0.584. The number of benzene rings is 9. The maximum absolute atomic E-state index is 16.7. The second kappa shape index (κ2) is 16.1. The van der Waals surface area contributed by atoms with Gasteiger partial charge in [-0.2, -0.15) is 0 Å². The Morgan fingerprint density at radius 2 is 0.545 bits per heavy atom. The van der Waals surface area contributed by atoms with Crippen LogP contribution in [0.15, 0.2) is 194 Å². The summed E-state index contributed by atoms with van der Waals surface area (Å²) in [6, 6.07) is 49.9. The molecule has 0 spiro atoms. The summed E-state index contributed by atoms with van der Waals surface area (Å²) in [6.07, 6.45) is 0. The van der Waals surface area contributed by atoms with Crippen molar-refractivity contribution in [3.05, 3.63) is 235 Å². The van der Waals surface area contributed by atoms with Crippen LogP contribution in [-0.4, -0.2) is 6.71 Å². The average molecular weight is 881 g/mol. The van der Waals surface area contributed by atoms with Gasteiger partial charge in [0.1, 0.15) is 40.7 Å². The highest BCUT2D eigenvalue weighted by Crippen LogP contribution is 2.48. The van der Waals surface area contributed by atoms with Crippen LogP contribution in [0.2, 0.25) is 0 Å². The van der Waals surface area contributed by atoms with Crippen molar-refractivity contribution < 1.29 is 30.7 Å². The quantitative estimate of drug-likeness (QED) is 0.111. The van der Waals surface area contributed by atoms with E-state index in [2.05, 4.69) is 0 Å². The number of hydrogen-bond acceptors (Lipinski definition) is 4. The summed E-state index contributed by atoms with van der Waals surface area (Å²) in [5.74, 6) is -3.27. The van der Waals surface area contributed by atoms with Crippen LogP contribution in [0.25, 0.3) is 0 Å². The van der Waals surface area contributed by atoms with Crippen molar-refractivity contribution >= 4 is 91.3 Å². The van der Waals surface area contributed by atoms with Gasteiger partial charge >= 0.3 is 0 Å². The van der Waals surface area contributed by atoms with Gasteiger partial charge in [0.05, 0.1) is 0 Å². The van der Waals surface area contributed by atoms with E-state index in [1.807, 2.05) is 56.0 Å². The smallest absolute Gasteiger partial charge is 0.252 e. The van der Waals surface area contributed by atoms with Crippen LogP contribution in [-0.2, 0) is 0 Å². The van der Waals surface area contributed by atoms with E-state index in [0.29, 0.717) is 73.7 Å². The predicted molar refractivity (Wildman–Crippen MR) is 250 cm³/mol. The van der Waals surface area contributed by atoms with E-state index in [9.17, 15) is 26.3 Å². The van der Waals surface area contributed by atoms with Crippen LogP contribution in [0.1, 0.15) is 0 Å². The highest BCUT2D eigenvalue weighted by molar-refractivity contribution is 7.00. The number of rotatable bonds is 8. The molecule has 2 aliphatic rings. The van der Waals surface area contributed by atoms with Crippen molar-refractivity contribution in [1.29, 1.82) is 0 Å². The molecule has 320 valence electrons. The Balaban J connectivity index is 1.18. The molecule has 0 unspecified atom stereocenters. The van der Waals surface area contributed by atoms with E-state index in [4.69, 9.17) is 0 Å². The van der Waals surface area contributed by atoms with Gasteiger partial charge < -0.3 is 19.6 Å². The third-order valence-electron chi connectivity index (χ3n) is 12.0. The summed E-state index contributed by atoms with van der Waals surface area (Å²) in [7, 11) is 0. The summed E-state index contributed by atoms with van der Waals surface area (Å²) < 4.78 is 103. The third kappa shape index (κ3) is 7.07. The molecule has 0 aromatic heterocycles. The van der Waals surface area contributed by atoms with Gasteiger partial charge in [-0.1, -0.05) is 12.1 Å². The normalized spacial score (nSPS) is 12.4. The minimum absolute atomic E-state index is 0.438. The topological polar surface area (TPSA) is 13.0 Å². The first-order valence-electron chi connectivity index (χ1n) is 20.9. The summed E-state index contributed by atoms with van der Waals surface area (Å²) in [5.41, 5.74) is 9.05. The highest BCUT2D eigenvalue weighted by atomic mass is 19.2. The van der Waals surface area contributed by atoms with Gasteiger partial charge in [-0.05, 0) is 198 Å². The maximum Gasteiger partial charge on any atom is 0.252 e. The largest absolute Gasteiger partial charge is 0.311 e. The third-order valence-corrected chi connectivity index (χ3v) is 12.0. The van der Waals surface area contributed by atoms with Gasteiger partial charge in [-0.25, -0.2) is 30.7 Å². The molecule has 4 nitrogen and oxygen atoms in total. The lowest BCUT2D eigenvalue weighted by atomic mass is 9.33. The molecule has 12 heteroatoms. The molecule has 9 aromatic rings. The van der Waals surface area contributed by atoms with Crippen LogP contribution in [0.5, 0.6) is 0 Å². The summed E-state index contributed by atoms with van der Waals surface area (Å²) in [6.45, 7) is -0.549. The standard InChI is InChI=1S/C54H32BF7N4/c56-33-1-13-40(14-2-33)63(41-15-3-34(57)4-16-41)46-25-27-48-50(31-46)65(44-21-9-37(60)10-22-44)52-29-39(62)30-53-54(52)55(48)49-28-26-47(32-51(49)66(53)45-23-11-38(61)12-24-45)64(42-17-5-35(58)6-18-42)43-19-7-36(59)8-20-43/h1-32H. The number of anilines is 12. The van der Waals surface area contributed by atoms with Crippen LogP contribution in [0.4, 0.5) is 99.0 Å². The lowest BCUT2D eigenvalue weighted by Crippen LogP contribution is -2.61. The Morgan fingerprint density at radius 1 is 0.273 bits per heavy atom. The zero-order chi connectivity index (χ0) is 45.2. The maximum atomic E-state index is 16.7. The fourth-order valence-corrected chi connectivity index (χ4v) is 9.20. The van der Waals surface area contributed by atoms with Gasteiger partial charge in [0.25, 0.3) is 6.71 Å². The second-order valence-corrected chi connectivity index (χ2v) is 16.0. The van der Waals surface area contributed by atoms with Crippen molar-refractivity contribution in [3.8, 4) is 0 Å². The second-order valence-electron chi connectivity index (χ2n) is 16.0. The number of fused-ring (bicyclic) bond motifs is 4. The molecule has 0 atom stereocenters. The Kier molecular flexibility index (Phi) is 9.87. The highest BCUT2D eigenvalue weighted by Gasteiger charge is 2.44. The van der Waals surface area contributed by atoms with Crippen LogP contribution in [0, 0.1) is 40.7 Å². The Bertz CT molecular complexity index is 2970. The number of hydrogen-bond donors (Lipinski definition) is 0. The molecule has 0 saturated heterocycles. The summed E-state index contributed by atoms with van der Waals surface area (Å²) in [5, 5.41) is 0. The molecule has 0 saturated carbocycles. The SMILES string of the molecule is Fc1ccc(N(c2ccc(F)cc2)c2ccc3c(c2)N(c2ccc(F)cc2)c2cc(F)cc4c2B3c2ccc(N(c3ccc(F)cc3)c3ccc(F)cc3)cc2N4c2ccc(F)cc2)cc1. The summed E-state index contributed by atoms with van der Waals surface area (Å²) in [4.78, 5) is 7.45. The summed E-state index contributed by atoms with van der Waals surface area (Å²) >= 11 is 0. The molecule has 2 aliphatic heterocycles. The fraction of sp³-hybridized carbons (Fsp3) is 0. The minimum Gasteiger partial charge on any atom is -0.311 e. The van der Waals surface area contributed by atoms with Gasteiger partial charge in [0.2, 0.25) is 0 Å². The van der Waals surface area contributed by atoms with Crippen LogP contribution in [0.3, 0.4) is 0 Å². The van der Waals surface area contributed by atoms with E-state index in [-0.39, 0.29) is 0 Å². The fourth-order valence-electron chi connectivity index (χ4n) is 9.20. The van der Waals surface area contributed by atoms with Gasteiger partial charge in [0.15, 0.2) is 0 Å². The zero-order valence-corrected chi connectivity index (χ0v) is 34.5. The van der Waals surface area contributed by atoms with Gasteiger partial charge in [0, 0.05) is 68.2 Å². The molecule has 66 heavy (non-hydrogen) atoms. The molecule has 11 rings (SSSR count). The molecule has 0 aliphatic carbocycles. The average Bonchev–Trinajstić information content (AvgIpc) is 3.32. The van der Waals surface area contributed by atoms with E-state index in [1.54, 1.807) is 72.8 Å². The van der Waals surface area contributed by atoms with Crippen LogP contribution < -0.4 is 36.0 Å². The molecule has 0 bridgehead atoms. The van der Waals surface area contributed by atoms with Gasteiger partial charge in [-0.3, -0.25) is 0 Å². The van der Waals surface area contributed by atoms with Crippen molar-refractivity contribution in [3.63, 3.8) is 0 Å². The van der Waals surface area contributed by atoms with Gasteiger partial charge in [-0.15, -0.1) is 0 Å². The Hall–Kier alpha value is -8.25. The molecule has 0 fully saturated rings. The Morgan fingerprint density at radius 3 is 0.848 bits per heavy atom. The Labute approximate surface area is 375 Å². The van der Waals surface area contributed by atoms with Crippen molar-refractivity contribution in [1.82, 2.24) is 0 Å². The lowest BCUT2D eigenvalue weighted by Gasteiger charge is -2.44. The monoisotopic (exact) mass is 880 g/mol. The van der Waals surface area contributed by atoms with E-state index >= 15 is 4.39 Å². The van der Waals surface area contributed by atoms with E-state index in [0.717, 1.165) is 10.9 Å². The number of halogens is 7. The molecule has 2 heterocycles. The van der Waals surface area contributed by atoms with Crippen molar-refractivity contribution in [2.75, 3.05) is 19.6 Å². The molecule has 0 N–H and O–H groups in total.